The summed E-state index contributed by atoms with van der Waals surface area (Å²) >= 11 is 0. The molecule has 2 N–H and O–H groups in total. The summed E-state index contributed by atoms with van der Waals surface area (Å²) in [6.07, 6.45) is 0.213. The maximum atomic E-state index is 5.81. The Morgan fingerprint density at radius 1 is 1.00 bits per heavy atom. The van der Waals surface area contributed by atoms with E-state index < -0.39 is 0 Å². The van der Waals surface area contributed by atoms with Gasteiger partial charge < -0.3 is 19.3 Å². The van der Waals surface area contributed by atoms with Gasteiger partial charge in [-0.2, -0.15) is 0 Å². The molecule has 1 aromatic carbocycles. The van der Waals surface area contributed by atoms with Crippen LogP contribution in [0.25, 0.3) is 0 Å². The van der Waals surface area contributed by atoms with Crippen LogP contribution in [0, 0.1) is 0 Å². The van der Waals surface area contributed by atoms with E-state index in [4.69, 9.17) is 9.47 Å². The Morgan fingerprint density at radius 3 is 2.20 bits per heavy atom. The Hall–Kier alpha value is -1.26. The molecule has 0 unspecified atom stereocenters. The summed E-state index contributed by atoms with van der Waals surface area (Å²) in [4.78, 5) is 3.31. The van der Waals surface area contributed by atoms with Gasteiger partial charge >= 0.3 is 0 Å². The molecule has 1 fully saturated rings. The number of hydrogen-bond acceptors (Lipinski definition) is 2. The zero-order chi connectivity index (χ0) is 14.4. The minimum atomic E-state index is 0.213. The molecule has 0 radical (unpaired) electrons. The number of rotatable bonds is 6. The molecule has 0 atom stereocenters. The van der Waals surface area contributed by atoms with Crippen LogP contribution in [0.2, 0.25) is 0 Å². The number of hydrogen-bond donors (Lipinski definition) is 2. The van der Waals surface area contributed by atoms with Gasteiger partial charge in [-0.25, -0.2) is 0 Å². The number of quaternary nitrogens is 2. The van der Waals surface area contributed by atoms with Crippen LogP contribution in [0.5, 0.6) is 11.5 Å². The van der Waals surface area contributed by atoms with E-state index in [1.165, 1.54) is 26.2 Å². The molecule has 4 nitrogen and oxygen atoms in total. The Kier molecular flexibility index (Phi) is 5.68. The van der Waals surface area contributed by atoms with E-state index in [9.17, 15) is 0 Å². The molecule has 112 valence electrons. The topological polar surface area (TPSA) is 27.3 Å². The van der Waals surface area contributed by atoms with Gasteiger partial charge in [0, 0.05) is 0 Å². The number of benzene rings is 1. The monoisotopic (exact) mass is 280 g/mol. The smallest absolute Gasteiger partial charge is 0.137 e. The lowest BCUT2D eigenvalue weighted by Crippen LogP contribution is -3.27. The van der Waals surface area contributed by atoms with Crippen LogP contribution in [0.3, 0.4) is 0 Å². The molecule has 0 amide bonds. The molecule has 1 aromatic rings. The van der Waals surface area contributed by atoms with Crippen LogP contribution in [0.4, 0.5) is 0 Å². The van der Waals surface area contributed by atoms with E-state index in [0.29, 0.717) is 0 Å². The SMILES string of the molecule is CC(C)Oc1ccc(OCC[NH+]2CC[NH+](C)CC2)cc1. The van der Waals surface area contributed by atoms with E-state index in [1.54, 1.807) is 9.80 Å². The second kappa shape index (κ2) is 7.50. The van der Waals surface area contributed by atoms with Crippen molar-refractivity contribution >= 4 is 0 Å². The first-order valence-electron chi connectivity index (χ1n) is 7.68. The fourth-order valence-corrected chi connectivity index (χ4v) is 2.48. The predicted octanol–water partition coefficient (Wildman–Crippen LogP) is -0.734. The second-order valence-corrected chi connectivity index (χ2v) is 5.94. The van der Waals surface area contributed by atoms with Gasteiger partial charge in [0.25, 0.3) is 0 Å². The van der Waals surface area contributed by atoms with Crippen LogP contribution in [-0.2, 0) is 0 Å². The van der Waals surface area contributed by atoms with Gasteiger partial charge in [-0.05, 0) is 38.1 Å². The number of ether oxygens (including phenoxy) is 2. The van der Waals surface area contributed by atoms with Crippen molar-refractivity contribution in [2.75, 3.05) is 46.4 Å². The van der Waals surface area contributed by atoms with Crippen molar-refractivity contribution in [1.29, 1.82) is 0 Å². The first kappa shape index (κ1) is 15.1. The molecule has 0 saturated carbocycles. The lowest BCUT2D eigenvalue weighted by atomic mass is 10.3. The molecular weight excluding hydrogens is 252 g/mol. The first-order valence-corrected chi connectivity index (χ1v) is 7.68. The zero-order valence-electron chi connectivity index (χ0n) is 12.9. The normalized spacial score (nSPS) is 22.8. The van der Waals surface area contributed by atoms with Gasteiger partial charge in [0.1, 0.15) is 50.8 Å². The van der Waals surface area contributed by atoms with E-state index in [1.807, 2.05) is 38.1 Å². The third-order valence-corrected chi connectivity index (χ3v) is 3.73. The lowest BCUT2D eigenvalue weighted by Gasteiger charge is -2.27. The Labute approximate surface area is 122 Å². The molecule has 0 aromatic heterocycles. The summed E-state index contributed by atoms with van der Waals surface area (Å²) in [6.45, 7) is 11.0. The van der Waals surface area contributed by atoms with Crippen LogP contribution < -0.4 is 19.3 Å². The van der Waals surface area contributed by atoms with E-state index in [0.717, 1.165) is 24.7 Å². The third-order valence-electron chi connectivity index (χ3n) is 3.73. The van der Waals surface area contributed by atoms with Crippen molar-refractivity contribution in [3.63, 3.8) is 0 Å². The summed E-state index contributed by atoms with van der Waals surface area (Å²) < 4.78 is 11.4. The van der Waals surface area contributed by atoms with Gasteiger partial charge in [-0.1, -0.05) is 0 Å². The van der Waals surface area contributed by atoms with Crippen LogP contribution in [-0.4, -0.2) is 52.5 Å². The van der Waals surface area contributed by atoms with Crippen molar-refractivity contribution in [2.45, 2.75) is 20.0 Å². The summed E-state index contributed by atoms with van der Waals surface area (Å²) in [5, 5.41) is 0. The highest BCUT2D eigenvalue weighted by atomic mass is 16.5. The highest BCUT2D eigenvalue weighted by molar-refractivity contribution is 5.31. The van der Waals surface area contributed by atoms with Gasteiger partial charge in [-0.15, -0.1) is 0 Å². The standard InChI is InChI=1S/C16H26N2O2/c1-14(2)20-16-6-4-15(5-7-16)19-13-12-18-10-8-17(3)9-11-18/h4-7,14H,8-13H2,1-3H3/p+2. The summed E-state index contributed by atoms with van der Waals surface area (Å²) in [6, 6.07) is 7.92. The lowest BCUT2D eigenvalue weighted by molar-refractivity contribution is -1.00. The highest BCUT2D eigenvalue weighted by Crippen LogP contribution is 2.18. The molecule has 0 spiro atoms. The van der Waals surface area contributed by atoms with Gasteiger partial charge in [0.05, 0.1) is 13.2 Å². The maximum Gasteiger partial charge on any atom is 0.137 e. The molecule has 20 heavy (non-hydrogen) atoms. The predicted molar refractivity (Wildman–Crippen MR) is 79.9 cm³/mol. The molecule has 0 bridgehead atoms. The van der Waals surface area contributed by atoms with Crippen molar-refractivity contribution in [3.8, 4) is 11.5 Å². The molecule has 1 aliphatic rings. The molecule has 1 saturated heterocycles. The maximum absolute atomic E-state index is 5.81. The number of piperazine rings is 1. The zero-order valence-corrected chi connectivity index (χ0v) is 12.9. The fourth-order valence-electron chi connectivity index (χ4n) is 2.48. The number of likely N-dealkylation sites (N-methyl/N-ethyl adjacent to an activating group) is 1. The summed E-state index contributed by atoms with van der Waals surface area (Å²) in [5.74, 6) is 1.83. The van der Waals surface area contributed by atoms with E-state index in [-0.39, 0.29) is 6.10 Å². The first-order chi connectivity index (χ1) is 9.63. The van der Waals surface area contributed by atoms with Crippen molar-refractivity contribution in [2.24, 2.45) is 0 Å². The quantitative estimate of drug-likeness (QED) is 0.719. The minimum absolute atomic E-state index is 0.213. The van der Waals surface area contributed by atoms with Crippen LogP contribution in [0.15, 0.2) is 24.3 Å². The van der Waals surface area contributed by atoms with Crippen LogP contribution in [0.1, 0.15) is 13.8 Å². The average Bonchev–Trinajstić information content (AvgIpc) is 2.42. The van der Waals surface area contributed by atoms with Gasteiger partial charge in [0.2, 0.25) is 0 Å². The van der Waals surface area contributed by atoms with Gasteiger partial charge in [-0.3, -0.25) is 0 Å². The average molecular weight is 280 g/mol. The van der Waals surface area contributed by atoms with Crippen molar-refractivity contribution in [3.05, 3.63) is 24.3 Å². The van der Waals surface area contributed by atoms with E-state index >= 15 is 0 Å². The minimum Gasteiger partial charge on any atom is -0.491 e. The fraction of sp³-hybridized carbons (Fsp3) is 0.625. The molecule has 0 aliphatic carbocycles. The molecular formula is C16H28N2O2+2. The van der Waals surface area contributed by atoms with Crippen molar-refractivity contribution in [1.82, 2.24) is 0 Å². The third kappa shape index (κ3) is 5.02. The molecule has 4 heteroatoms. The summed E-state index contributed by atoms with van der Waals surface area (Å²) in [7, 11) is 2.27. The number of nitrogens with one attached hydrogen (secondary N) is 2. The Bertz CT molecular complexity index is 384. The molecule has 1 aliphatic heterocycles. The van der Waals surface area contributed by atoms with Gasteiger partial charge in [0.15, 0.2) is 0 Å². The summed E-state index contributed by atoms with van der Waals surface area (Å²) in [5.41, 5.74) is 0. The largest absolute Gasteiger partial charge is 0.491 e. The second-order valence-electron chi connectivity index (χ2n) is 5.94. The molecule has 1 heterocycles. The molecule has 2 rings (SSSR count). The van der Waals surface area contributed by atoms with Crippen molar-refractivity contribution < 1.29 is 19.3 Å². The Morgan fingerprint density at radius 2 is 1.60 bits per heavy atom. The Balaban J connectivity index is 1.69. The van der Waals surface area contributed by atoms with E-state index in [2.05, 4.69) is 7.05 Å². The highest BCUT2D eigenvalue weighted by Gasteiger charge is 2.19. The van der Waals surface area contributed by atoms with Crippen LogP contribution >= 0.6 is 0 Å².